The van der Waals surface area contributed by atoms with Crippen molar-refractivity contribution in [3.63, 3.8) is 0 Å². The van der Waals surface area contributed by atoms with Crippen molar-refractivity contribution in [2.24, 2.45) is 11.7 Å². The smallest absolute Gasteiger partial charge is 0.220 e. The summed E-state index contributed by atoms with van der Waals surface area (Å²) in [7, 11) is 1.70. The molecule has 1 saturated carbocycles. The summed E-state index contributed by atoms with van der Waals surface area (Å²) < 4.78 is 10.8. The van der Waals surface area contributed by atoms with E-state index in [1.165, 1.54) is 5.56 Å². The average Bonchev–Trinajstić information content (AvgIpc) is 3.05. The van der Waals surface area contributed by atoms with E-state index in [0.717, 1.165) is 44.5 Å². The number of benzene rings is 1. The molecule has 1 aliphatic carbocycles. The molecule has 0 aromatic heterocycles. The van der Waals surface area contributed by atoms with Crippen LogP contribution in [-0.4, -0.2) is 38.8 Å². The van der Waals surface area contributed by atoms with Gasteiger partial charge < -0.3 is 20.5 Å². The standard InChI is InChI=1S/C19H30N2O3/c1-23-13-11-15-7-9-17(10-8-15)24-12-3-6-19(22)21-18-5-2-4-16(18)14-20/h7-10,16,18H,2-6,11-14,20H2,1H3,(H,21,22). The second-order valence-corrected chi connectivity index (χ2v) is 6.44. The summed E-state index contributed by atoms with van der Waals surface area (Å²) in [6.45, 7) is 1.94. The third-order valence-electron chi connectivity index (χ3n) is 4.64. The van der Waals surface area contributed by atoms with E-state index in [2.05, 4.69) is 5.32 Å². The Balaban J connectivity index is 1.61. The zero-order chi connectivity index (χ0) is 17.2. The number of nitrogens with two attached hydrogens (primary N) is 1. The maximum Gasteiger partial charge on any atom is 0.220 e. The quantitative estimate of drug-likeness (QED) is 0.644. The van der Waals surface area contributed by atoms with Gasteiger partial charge in [-0.25, -0.2) is 0 Å². The summed E-state index contributed by atoms with van der Waals surface area (Å²) in [6, 6.07) is 8.30. The first-order valence-corrected chi connectivity index (χ1v) is 8.93. The van der Waals surface area contributed by atoms with Crippen LogP contribution in [0.15, 0.2) is 24.3 Å². The Morgan fingerprint density at radius 3 is 2.75 bits per heavy atom. The lowest BCUT2D eigenvalue weighted by Crippen LogP contribution is -2.39. The van der Waals surface area contributed by atoms with Gasteiger partial charge in [0.2, 0.25) is 5.91 Å². The Hall–Kier alpha value is -1.59. The first-order valence-electron chi connectivity index (χ1n) is 8.93. The molecule has 3 N–H and O–H groups in total. The fourth-order valence-electron chi connectivity index (χ4n) is 3.18. The van der Waals surface area contributed by atoms with Crippen LogP contribution in [0.2, 0.25) is 0 Å². The highest BCUT2D eigenvalue weighted by Crippen LogP contribution is 2.24. The minimum Gasteiger partial charge on any atom is -0.494 e. The second kappa shape index (κ2) is 10.3. The number of hydrogen-bond donors (Lipinski definition) is 2. The minimum absolute atomic E-state index is 0.110. The third-order valence-corrected chi connectivity index (χ3v) is 4.64. The lowest BCUT2D eigenvalue weighted by molar-refractivity contribution is -0.122. The highest BCUT2D eigenvalue weighted by Gasteiger charge is 2.26. The minimum atomic E-state index is 0.110. The first kappa shape index (κ1) is 18.7. The van der Waals surface area contributed by atoms with Crippen molar-refractivity contribution in [1.82, 2.24) is 5.32 Å². The average molecular weight is 334 g/mol. The number of carbonyl (C=O) groups is 1. The molecule has 0 heterocycles. The van der Waals surface area contributed by atoms with E-state index in [4.69, 9.17) is 15.2 Å². The molecule has 1 fully saturated rings. The highest BCUT2D eigenvalue weighted by molar-refractivity contribution is 5.76. The van der Waals surface area contributed by atoms with E-state index in [1.807, 2.05) is 24.3 Å². The first-order chi connectivity index (χ1) is 11.7. The zero-order valence-electron chi connectivity index (χ0n) is 14.6. The monoisotopic (exact) mass is 334 g/mol. The van der Waals surface area contributed by atoms with Gasteiger partial charge >= 0.3 is 0 Å². The fraction of sp³-hybridized carbons (Fsp3) is 0.632. The van der Waals surface area contributed by atoms with E-state index in [1.54, 1.807) is 7.11 Å². The normalized spacial score (nSPS) is 20.1. The number of nitrogens with one attached hydrogen (secondary N) is 1. The van der Waals surface area contributed by atoms with Gasteiger partial charge in [0.15, 0.2) is 0 Å². The van der Waals surface area contributed by atoms with Crippen LogP contribution in [0.5, 0.6) is 5.75 Å². The van der Waals surface area contributed by atoms with Crippen LogP contribution in [0.3, 0.4) is 0 Å². The fourth-order valence-corrected chi connectivity index (χ4v) is 3.18. The van der Waals surface area contributed by atoms with Gasteiger partial charge in [-0.3, -0.25) is 4.79 Å². The maximum absolute atomic E-state index is 12.0. The predicted molar refractivity (Wildman–Crippen MR) is 95.1 cm³/mol. The van der Waals surface area contributed by atoms with Crippen LogP contribution >= 0.6 is 0 Å². The van der Waals surface area contributed by atoms with E-state index in [0.29, 0.717) is 25.5 Å². The van der Waals surface area contributed by atoms with Crippen molar-refractivity contribution in [1.29, 1.82) is 0 Å². The number of amides is 1. The summed E-state index contributed by atoms with van der Waals surface area (Å²) in [6.07, 6.45) is 5.47. The summed E-state index contributed by atoms with van der Waals surface area (Å²) in [5, 5.41) is 3.12. The Labute approximate surface area is 144 Å². The van der Waals surface area contributed by atoms with E-state index >= 15 is 0 Å². The van der Waals surface area contributed by atoms with E-state index in [-0.39, 0.29) is 11.9 Å². The van der Waals surface area contributed by atoms with Crippen molar-refractivity contribution in [2.75, 3.05) is 26.9 Å². The molecule has 1 aliphatic rings. The van der Waals surface area contributed by atoms with E-state index < -0.39 is 0 Å². The van der Waals surface area contributed by atoms with Gasteiger partial charge in [-0.05, 0) is 55.8 Å². The molecular formula is C19H30N2O3. The molecule has 2 atom stereocenters. The van der Waals surface area contributed by atoms with Crippen LogP contribution < -0.4 is 15.8 Å². The molecule has 134 valence electrons. The van der Waals surface area contributed by atoms with Gasteiger partial charge in [0.1, 0.15) is 5.75 Å². The summed E-state index contributed by atoms with van der Waals surface area (Å²) in [5.74, 6) is 1.40. The number of methoxy groups -OCH3 is 1. The number of ether oxygens (including phenoxy) is 2. The van der Waals surface area contributed by atoms with Crippen LogP contribution in [0, 0.1) is 5.92 Å². The van der Waals surface area contributed by atoms with Gasteiger partial charge in [-0.15, -0.1) is 0 Å². The molecule has 5 nitrogen and oxygen atoms in total. The van der Waals surface area contributed by atoms with Crippen molar-refractivity contribution < 1.29 is 14.3 Å². The Bertz CT molecular complexity index is 490. The lowest BCUT2D eigenvalue weighted by atomic mass is 10.0. The molecule has 0 saturated heterocycles. The van der Waals surface area contributed by atoms with Gasteiger partial charge in [-0.1, -0.05) is 18.6 Å². The molecule has 1 amide bonds. The molecule has 1 aromatic carbocycles. The molecule has 2 unspecified atom stereocenters. The van der Waals surface area contributed by atoms with Gasteiger partial charge in [0, 0.05) is 19.6 Å². The number of hydrogen-bond acceptors (Lipinski definition) is 4. The zero-order valence-corrected chi connectivity index (χ0v) is 14.6. The number of rotatable bonds is 10. The van der Waals surface area contributed by atoms with Crippen LogP contribution in [0.25, 0.3) is 0 Å². The van der Waals surface area contributed by atoms with Crippen LogP contribution in [0.1, 0.15) is 37.7 Å². The second-order valence-electron chi connectivity index (χ2n) is 6.44. The molecule has 0 bridgehead atoms. The largest absolute Gasteiger partial charge is 0.494 e. The topological polar surface area (TPSA) is 73.6 Å². The predicted octanol–water partition coefficient (Wildman–Crippen LogP) is 2.28. The van der Waals surface area contributed by atoms with Crippen molar-refractivity contribution >= 4 is 5.91 Å². The molecule has 2 rings (SSSR count). The van der Waals surface area contributed by atoms with Crippen molar-refractivity contribution in [3.8, 4) is 5.75 Å². The Morgan fingerprint density at radius 2 is 2.04 bits per heavy atom. The Morgan fingerprint density at radius 1 is 1.25 bits per heavy atom. The van der Waals surface area contributed by atoms with Gasteiger partial charge in [0.25, 0.3) is 0 Å². The Kier molecular flexibility index (Phi) is 8.05. The summed E-state index contributed by atoms with van der Waals surface area (Å²) in [4.78, 5) is 12.0. The van der Waals surface area contributed by atoms with Crippen LogP contribution in [0.4, 0.5) is 0 Å². The molecule has 5 heteroatoms. The summed E-state index contributed by atoms with van der Waals surface area (Å²) in [5.41, 5.74) is 6.98. The molecule has 1 aromatic rings. The molecule has 24 heavy (non-hydrogen) atoms. The van der Waals surface area contributed by atoms with Crippen LogP contribution in [-0.2, 0) is 16.0 Å². The van der Waals surface area contributed by atoms with Gasteiger partial charge in [-0.2, -0.15) is 0 Å². The van der Waals surface area contributed by atoms with E-state index in [9.17, 15) is 4.79 Å². The van der Waals surface area contributed by atoms with Crippen molar-refractivity contribution in [3.05, 3.63) is 29.8 Å². The van der Waals surface area contributed by atoms with Gasteiger partial charge in [0.05, 0.1) is 13.2 Å². The molecule has 0 aliphatic heterocycles. The highest BCUT2D eigenvalue weighted by atomic mass is 16.5. The summed E-state index contributed by atoms with van der Waals surface area (Å²) >= 11 is 0. The number of carbonyl (C=O) groups excluding carboxylic acids is 1. The maximum atomic E-state index is 12.0. The van der Waals surface area contributed by atoms with Crippen molar-refractivity contribution in [2.45, 2.75) is 44.6 Å². The third kappa shape index (κ3) is 6.13. The molecule has 0 radical (unpaired) electrons. The lowest BCUT2D eigenvalue weighted by Gasteiger charge is -2.19. The molecular weight excluding hydrogens is 304 g/mol. The SMILES string of the molecule is COCCc1ccc(OCCCC(=O)NC2CCCC2CN)cc1. The molecule has 0 spiro atoms.